The van der Waals surface area contributed by atoms with Crippen LogP contribution in [0.5, 0.6) is 0 Å². The maximum absolute atomic E-state index is 14.0. The molecule has 1 aliphatic carbocycles. The van der Waals surface area contributed by atoms with Gasteiger partial charge >= 0.3 is 6.03 Å². The summed E-state index contributed by atoms with van der Waals surface area (Å²) in [6, 6.07) is -2.82. The minimum absolute atomic E-state index is 0.0761. The van der Waals surface area contributed by atoms with Crippen molar-refractivity contribution < 1.29 is 28.8 Å². The molecule has 0 bridgehead atoms. The van der Waals surface area contributed by atoms with Crippen LogP contribution < -0.4 is 21.7 Å². The summed E-state index contributed by atoms with van der Waals surface area (Å²) in [5.41, 5.74) is 3.20. The maximum Gasteiger partial charge on any atom is 0.315 e. The van der Waals surface area contributed by atoms with E-state index >= 15 is 0 Å². The number of Topliss-reactive ketones (excluding diaryl/α,β-unsaturated/α-hetero) is 1. The Morgan fingerprint density at radius 2 is 1.43 bits per heavy atom. The van der Waals surface area contributed by atoms with Crippen molar-refractivity contribution in [2.75, 3.05) is 26.2 Å². The van der Waals surface area contributed by atoms with Gasteiger partial charge in [-0.25, -0.2) is 4.79 Å². The van der Waals surface area contributed by atoms with E-state index in [1.807, 2.05) is 83.1 Å². The predicted molar refractivity (Wildman–Crippen MR) is 220 cm³/mol. The number of hydrogen-bond acceptors (Lipinski definition) is 6. The summed E-state index contributed by atoms with van der Waals surface area (Å²) in [7, 11) is 0. The first-order chi connectivity index (χ1) is 24.9. The molecule has 0 spiro atoms. The third-order valence-electron chi connectivity index (χ3n) is 8.46. The Kier molecular flexibility index (Phi) is 34.4. The number of nitrogens with one attached hydrogen (secondary N) is 3. The van der Waals surface area contributed by atoms with Gasteiger partial charge in [0.1, 0.15) is 12.1 Å². The van der Waals surface area contributed by atoms with Gasteiger partial charge in [0.05, 0.1) is 12.6 Å². The second-order valence-corrected chi connectivity index (χ2v) is 14.7. The number of carbonyl (C=O) groups is 6. The number of hydrogen-bond donors (Lipinski definition) is 4. The molecular formula is C41H84N6O6. The van der Waals surface area contributed by atoms with E-state index in [4.69, 9.17) is 4.79 Å². The summed E-state index contributed by atoms with van der Waals surface area (Å²) in [4.78, 5) is 77.3. The van der Waals surface area contributed by atoms with Crippen molar-refractivity contribution in [3.63, 3.8) is 0 Å². The normalized spacial score (nSPS) is 16.4. The number of unbranched alkanes of at least 4 members (excludes halogenated alkanes) is 2. The Morgan fingerprint density at radius 3 is 1.83 bits per heavy atom. The van der Waals surface area contributed by atoms with Crippen molar-refractivity contribution in [1.29, 1.82) is 0 Å². The molecule has 5 N–H and O–H groups in total. The number of likely N-dealkylation sites (tertiary alicyclic amines) is 1. The van der Waals surface area contributed by atoms with Crippen LogP contribution in [-0.4, -0.2) is 90.1 Å². The van der Waals surface area contributed by atoms with E-state index in [0.717, 1.165) is 38.5 Å². The fourth-order valence-electron chi connectivity index (χ4n) is 5.67. The summed E-state index contributed by atoms with van der Waals surface area (Å²) in [6.07, 6.45) is 8.90. The number of carbonyl (C=O) groups excluding carboxylic acids is 6. The van der Waals surface area contributed by atoms with Gasteiger partial charge in [0.25, 0.3) is 0 Å². The number of urea groups is 1. The summed E-state index contributed by atoms with van der Waals surface area (Å²) in [5.74, 6) is -0.473. The number of likely N-dealkylation sites (N-methyl/N-ethyl adjacent to an activating group) is 1. The van der Waals surface area contributed by atoms with Gasteiger partial charge in [-0.3, -0.25) is 24.0 Å². The molecule has 1 saturated carbocycles. The van der Waals surface area contributed by atoms with Crippen LogP contribution in [-0.2, 0) is 24.0 Å². The molecule has 6 amide bonds. The Hall–Kier alpha value is -3.18. The average molecular weight is 757 g/mol. The summed E-state index contributed by atoms with van der Waals surface area (Å²) >= 11 is 0. The molecule has 2 aliphatic rings. The van der Waals surface area contributed by atoms with Crippen LogP contribution in [0.3, 0.4) is 0 Å². The molecule has 12 heteroatoms. The number of nitrogens with zero attached hydrogens (tertiary/aromatic N) is 2. The van der Waals surface area contributed by atoms with E-state index in [0.29, 0.717) is 38.4 Å². The smallest absolute Gasteiger partial charge is 0.315 e. The third kappa shape index (κ3) is 24.0. The first-order valence-corrected chi connectivity index (χ1v) is 20.5. The predicted octanol–water partition coefficient (Wildman–Crippen LogP) is 7.23. The molecule has 2 fully saturated rings. The fourth-order valence-corrected chi connectivity index (χ4v) is 5.67. The molecule has 3 atom stereocenters. The largest absolute Gasteiger partial charge is 0.372 e. The van der Waals surface area contributed by atoms with Gasteiger partial charge in [-0.2, -0.15) is 0 Å². The Balaban J connectivity index is -0.000000892. The molecule has 53 heavy (non-hydrogen) atoms. The van der Waals surface area contributed by atoms with E-state index in [1.54, 1.807) is 9.80 Å². The molecule has 0 aromatic carbocycles. The van der Waals surface area contributed by atoms with Crippen LogP contribution in [0.2, 0.25) is 0 Å². The molecule has 1 heterocycles. The van der Waals surface area contributed by atoms with Crippen LogP contribution in [0, 0.1) is 16.7 Å². The van der Waals surface area contributed by atoms with Crippen LogP contribution >= 0.6 is 0 Å². The number of nitrogens with two attached hydrogens (primary N) is 1. The minimum atomic E-state index is -0.924. The van der Waals surface area contributed by atoms with Gasteiger partial charge in [0, 0.05) is 19.6 Å². The number of ketones is 1. The molecule has 3 unspecified atom stereocenters. The molecule has 0 aromatic rings. The van der Waals surface area contributed by atoms with Gasteiger partial charge in [0.15, 0.2) is 5.78 Å². The monoisotopic (exact) mass is 757 g/mol. The molecule has 314 valence electrons. The highest BCUT2D eigenvalue weighted by Gasteiger charge is 2.48. The number of primary amides is 1. The lowest BCUT2D eigenvalue weighted by Crippen LogP contribution is -2.60. The number of rotatable bonds is 14. The van der Waals surface area contributed by atoms with Crippen LogP contribution in [0.4, 0.5) is 4.79 Å². The highest BCUT2D eigenvalue weighted by Crippen LogP contribution is 2.36. The van der Waals surface area contributed by atoms with Gasteiger partial charge < -0.3 is 31.5 Å². The van der Waals surface area contributed by atoms with Crippen LogP contribution in [0.15, 0.2) is 0 Å². The molecule has 0 radical (unpaired) electrons. The summed E-state index contributed by atoms with van der Waals surface area (Å²) in [6.45, 7) is 32.8. The molecule has 2 rings (SSSR count). The summed E-state index contributed by atoms with van der Waals surface area (Å²) in [5, 5.41) is 8.35. The van der Waals surface area contributed by atoms with Crippen LogP contribution in [0.25, 0.3) is 0 Å². The zero-order chi connectivity index (χ0) is 42.4. The highest BCUT2D eigenvalue weighted by atomic mass is 16.2. The first-order valence-electron chi connectivity index (χ1n) is 20.5. The SMILES string of the molecule is CC.CC.CC.CCC.CCCCCN(CC)C(=O)CNC(=O)NC(C(=O)N1CC(C)(C)CC1C(=O)NC(CC1CCC1)C(C)=O)C(C)(C)C.NC=O. The van der Waals surface area contributed by atoms with Crippen molar-refractivity contribution >= 4 is 35.9 Å². The van der Waals surface area contributed by atoms with Gasteiger partial charge in [-0.15, -0.1) is 0 Å². The maximum atomic E-state index is 14.0. The topological polar surface area (TPSA) is 171 Å². The highest BCUT2D eigenvalue weighted by molar-refractivity contribution is 5.95. The molecule has 0 aromatic heterocycles. The zero-order valence-corrected chi connectivity index (χ0v) is 37.0. The van der Waals surface area contributed by atoms with Gasteiger partial charge in [-0.1, -0.05) is 135 Å². The Morgan fingerprint density at radius 1 is 0.925 bits per heavy atom. The standard InChI is InChI=1S/C31H55N5O5.C3H8.3C2H6.CH3NO/c1-9-11-12-16-35(10-2)25(38)19-32-29(41)34-26(30(4,5)6)28(40)36-20-31(7,8)18-24(36)27(39)33-23(21(3)37)17-22-14-13-15-22;1-3-2;3*1-2;2-1-3/h22-24,26H,9-20H2,1-8H3,(H,33,39)(H2,32,34,41);3H2,1-2H3;3*1-2H3;1H,(H2,2,3). The fraction of sp³-hybridized carbons (Fsp3) is 0.854. The minimum Gasteiger partial charge on any atom is -0.372 e. The third-order valence-corrected chi connectivity index (χ3v) is 8.46. The molecule has 1 aliphatic heterocycles. The number of amides is 6. The van der Waals surface area contributed by atoms with Gasteiger partial charge in [0.2, 0.25) is 24.1 Å². The van der Waals surface area contributed by atoms with Crippen molar-refractivity contribution in [1.82, 2.24) is 25.8 Å². The van der Waals surface area contributed by atoms with Gasteiger partial charge in [-0.05, 0) is 49.9 Å². The van der Waals surface area contributed by atoms with E-state index < -0.39 is 29.6 Å². The van der Waals surface area contributed by atoms with Crippen molar-refractivity contribution in [3.8, 4) is 0 Å². The van der Waals surface area contributed by atoms with Crippen molar-refractivity contribution in [2.45, 2.75) is 187 Å². The van der Waals surface area contributed by atoms with Crippen molar-refractivity contribution in [3.05, 3.63) is 0 Å². The second-order valence-electron chi connectivity index (χ2n) is 14.7. The summed E-state index contributed by atoms with van der Waals surface area (Å²) < 4.78 is 0. The van der Waals surface area contributed by atoms with Crippen molar-refractivity contribution in [2.24, 2.45) is 22.5 Å². The van der Waals surface area contributed by atoms with E-state index in [9.17, 15) is 24.0 Å². The lowest BCUT2D eigenvalue weighted by atomic mass is 9.80. The Bertz CT molecular complexity index is 1010. The van der Waals surface area contributed by atoms with E-state index in [1.165, 1.54) is 13.3 Å². The zero-order valence-electron chi connectivity index (χ0n) is 37.0. The lowest BCUT2D eigenvalue weighted by Gasteiger charge is -2.36. The molecule has 1 saturated heterocycles. The Labute approximate surface area is 325 Å². The van der Waals surface area contributed by atoms with E-state index in [-0.39, 0.29) is 41.9 Å². The van der Waals surface area contributed by atoms with E-state index in [2.05, 4.69) is 42.5 Å². The average Bonchev–Trinajstić information content (AvgIpc) is 3.43. The second kappa shape index (κ2) is 32.3. The first kappa shape index (κ1) is 56.6. The quantitative estimate of drug-likeness (QED) is 0.108. The van der Waals surface area contributed by atoms with Crippen LogP contribution in [0.1, 0.15) is 169 Å². The molecular weight excluding hydrogens is 672 g/mol. The molecule has 12 nitrogen and oxygen atoms in total. The lowest BCUT2D eigenvalue weighted by molar-refractivity contribution is -0.142.